The minimum Gasteiger partial charge on any atom is -0.497 e. The minimum absolute atomic E-state index is 0.156. The van der Waals surface area contributed by atoms with E-state index in [4.69, 9.17) is 18.6 Å². The van der Waals surface area contributed by atoms with Crippen molar-refractivity contribution in [1.29, 1.82) is 0 Å². The average molecular weight is 312 g/mol. The zero-order valence-electron chi connectivity index (χ0n) is 12.9. The van der Waals surface area contributed by atoms with Gasteiger partial charge in [-0.25, -0.2) is 4.79 Å². The fourth-order valence-corrected chi connectivity index (χ4v) is 2.35. The van der Waals surface area contributed by atoms with Crippen LogP contribution >= 0.6 is 0 Å². The highest BCUT2D eigenvalue weighted by Crippen LogP contribution is 2.28. The molecule has 0 amide bonds. The molecule has 0 atom stereocenters. The molecule has 0 spiro atoms. The highest BCUT2D eigenvalue weighted by Gasteiger charge is 2.22. The number of furan rings is 1. The Balaban J connectivity index is 1.91. The summed E-state index contributed by atoms with van der Waals surface area (Å²) >= 11 is 0. The molecule has 2 aromatic carbocycles. The normalized spacial score (nSPS) is 10.7. The van der Waals surface area contributed by atoms with Gasteiger partial charge in [-0.2, -0.15) is 0 Å². The second-order valence-electron chi connectivity index (χ2n) is 4.90. The van der Waals surface area contributed by atoms with E-state index in [1.807, 2.05) is 18.2 Å². The lowest BCUT2D eigenvalue weighted by molar-refractivity contribution is 0.0697. The molecule has 1 aromatic heterocycles. The van der Waals surface area contributed by atoms with Gasteiger partial charge < -0.3 is 18.6 Å². The monoisotopic (exact) mass is 312 g/mol. The van der Waals surface area contributed by atoms with Crippen molar-refractivity contribution < 1.29 is 23.4 Å². The zero-order chi connectivity index (χ0) is 16.2. The predicted molar refractivity (Wildman–Crippen MR) is 84.9 cm³/mol. The summed E-state index contributed by atoms with van der Waals surface area (Å²) in [6.45, 7) is 0.268. The van der Waals surface area contributed by atoms with E-state index in [-0.39, 0.29) is 12.4 Å². The third-order valence-corrected chi connectivity index (χ3v) is 3.44. The standard InChI is InChI=1S/C18H16O5/c1-20-11-15-14-5-3-4-6-16(14)23-17(15)18(19)22-13-9-7-12(21-2)8-10-13/h3-10H,11H2,1-2H3. The van der Waals surface area contributed by atoms with Crippen LogP contribution in [0.25, 0.3) is 11.0 Å². The molecule has 0 fully saturated rings. The van der Waals surface area contributed by atoms with Crippen molar-refractivity contribution in [2.75, 3.05) is 14.2 Å². The van der Waals surface area contributed by atoms with Gasteiger partial charge in [0.1, 0.15) is 17.1 Å². The summed E-state index contributed by atoms with van der Waals surface area (Å²) < 4.78 is 21.3. The minimum atomic E-state index is -0.557. The van der Waals surface area contributed by atoms with Crippen LogP contribution < -0.4 is 9.47 Å². The molecular weight excluding hydrogens is 296 g/mol. The lowest BCUT2D eigenvalue weighted by atomic mass is 10.1. The van der Waals surface area contributed by atoms with E-state index in [1.165, 1.54) is 0 Å². The van der Waals surface area contributed by atoms with Crippen molar-refractivity contribution in [3.63, 3.8) is 0 Å². The Kier molecular flexibility index (Phi) is 4.30. The van der Waals surface area contributed by atoms with E-state index in [9.17, 15) is 4.79 Å². The molecule has 0 saturated carbocycles. The first-order valence-corrected chi connectivity index (χ1v) is 7.08. The topological polar surface area (TPSA) is 57.9 Å². The van der Waals surface area contributed by atoms with Crippen LogP contribution in [0.4, 0.5) is 0 Å². The van der Waals surface area contributed by atoms with Crippen LogP contribution in [-0.2, 0) is 11.3 Å². The maximum absolute atomic E-state index is 12.4. The molecule has 0 radical (unpaired) electrons. The number of esters is 1. The second-order valence-corrected chi connectivity index (χ2v) is 4.90. The molecule has 23 heavy (non-hydrogen) atoms. The van der Waals surface area contributed by atoms with Gasteiger partial charge in [0.25, 0.3) is 0 Å². The van der Waals surface area contributed by atoms with Gasteiger partial charge in [0, 0.05) is 18.1 Å². The van der Waals surface area contributed by atoms with Gasteiger partial charge in [0.15, 0.2) is 0 Å². The van der Waals surface area contributed by atoms with Gasteiger partial charge in [-0.05, 0) is 30.3 Å². The summed E-state index contributed by atoms with van der Waals surface area (Å²) in [6, 6.07) is 14.2. The van der Waals surface area contributed by atoms with E-state index in [0.717, 1.165) is 5.39 Å². The molecule has 0 aliphatic carbocycles. The number of fused-ring (bicyclic) bond motifs is 1. The van der Waals surface area contributed by atoms with E-state index in [0.29, 0.717) is 22.6 Å². The Morgan fingerprint density at radius 3 is 2.39 bits per heavy atom. The lowest BCUT2D eigenvalue weighted by Crippen LogP contribution is -2.10. The highest BCUT2D eigenvalue weighted by molar-refractivity contribution is 5.97. The van der Waals surface area contributed by atoms with E-state index in [2.05, 4.69) is 0 Å². The molecular formula is C18H16O5. The molecule has 118 valence electrons. The van der Waals surface area contributed by atoms with Crippen LogP contribution in [0.15, 0.2) is 52.9 Å². The van der Waals surface area contributed by atoms with Gasteiger partial charge >= 0.3 is 5.97 Å². The van der Waals surface area contributed by atoms with Gasteiger partial charge in [-0.3, -0.25) is 0 Å². The second kappa shape index (κ2) is 6.54. The smallest absolute Gasteiger partial charge is 0.380 e. The summed E-state index contributed by atoms with van der Waals surface area (Å²) in [7, 11) is 3.15. The van der Waals surface area contributed by atoms with Gasteiger partial charge in [-0.15, -0.1) is 0 Å². The third kappa shape index (κ3) is 3.05. The summed E-state index contributed by atoms with van der Waals surface area (Å²) in [5.74, 6) is 0.704. The number of rotatable bonds is 5. The molecule has 0 aliphatic rings. The van der Waals surface area contributed by atoms with Crippen LogP contribution in [0.5, 0.6) is 11.5 Å². The number of ether oxygens (including phenoxy) is 3. The van der Waals surface area contributed by atoms with Crippen molar-refractivity contribution in [1.82, 2.24) is 0 Å². The number of hydrogen-bond donors (Lipinski definition) is 0. The first-order chi connectivity index (χ1) is 11.2. The molecule has 0 saturated heterocycles. The molecule has 1 heterocycles. The molecule has 3 rings (SSSR count). The summed E-state index contributed by atoms with van der Waals surface area (Å²) in [5, 5.41) is 0.844. The molecule has 0 unspecified atom stereocenters. The van der Waals surface area contributed by atoms with E-state index >= 15 is 0 Å². The Morgan fingerprint density at radius 1 is 1.00 bits per heavy atom. The fraction of sp³-hybridized carbons (Fsp3) is 0.167. The van der Waals surface area contributed by atoms with Gasteiger partial charge in [-0.1, -0.05) is 18.2 Å². The Morgan fingerprint density at radius 2 is 1.70 bits per heavy atom. The maximum Gasteiger partial charge on any atom is 0.380 e. The molecule has 0 aliphatic heterocycles. The van der Waals surface area contributed by atoms with E-state index < -0.39 is 5.97 Å². The van der Waals surface area contributed by atoms with Gasteiger partial charge in [0.2, 0.25) is 5.76 Å². The molecule has 3 aromatic rings. The maximum atomic E-state index is 12.4. The first-order valence-electron chi connectivity index (χ1n) is 7.08. The lowest BCUT2D eigenvalue weighted by Gasteiger charge is -2.05. The van der Waals surface area contributed by atoms with Crippen molar-refractivity contribution in [3.05, 3.63) is 59.9 Å². The average Bonchev–Trinajstić information content (AvgIpc) is 2.95. The molecule has 5 heteroatoms. The molecule has 0 N–H and O–H groups in total. The van der Waals surface area contributed by atoms with Crippen LogP contribution in [0, 0.1) is 0 Å². The van der Waals surface area contributed by atoms with Gasteiger partial charge in [0.05, 0.1) is 13.7 Å². The van der Waals surface area contributed by atoms with Crippen molar-refractivity contribution in [3.8, 4) is 11.5 Å². The largest absolute Gasteiger partial charge is 0.497 e. The van der Waals surface area contributed by atoms with Crippen LogP contribution in [0.2, 0.25) is 0 Å². The number of para-hydroxylation sites is 1. The van der Waals surface area contributed by atoms with E-state index in [1.54, 1.807) is 44.6 Å². The zero-order valence-corrected chi connectivity index (χ0v) is 12.9. The predicted octanol–water partition coefficient (Wildman–Crippen LogP) is 3.81. The van der Waals surface area contributed by atoms with Crippen molar-refractivity contribution in [2.24, 2.45) is 0 Å². The Hall–Kier alpha value is -2.79. The van der Waals surface area contributed by atoms with Crippen LogP contribution in [-0.4, -0.2) is 20.2 Å². The molecule has 5 nitrogen and oxygen atoms in total. The number of benzene rings is 2. The number of carbonyl (C=O) groups excluding carboxylic acids is 1. The third-order valence-electron chi connectivity index (χ3n) is 3.44. The van der Waals surface area contributed by atoms with Crippen molar-refractivity contribution >= 4 is 16.9 Å². The molecule has 0 bridgehead atoms. The Labute approximate surface area is 133 Å². The van der Waals surface area contributed by atoms with Crippen LogP contribution in [0.1, 0.15) is 16.1 Å². The summed E-state index contributed by atoms with van der Waals surface area (Å²) in [6.07, 6.45) is 0. The number of hydrogen-bond acceptors (Lipinski definition) is 5. The van der Waals surface area contributed by atoms with Crippen LogP contribution in [0.3, 0.4) is 0 Å². The van der Waals surface area contributed by atoms with Crippen molar-refractivity contribution in [2.45, 2.75) is 6.61 Å². The quantitative estimate of drug-likeness (QED) is 0.529. The first kappa shape index (κ1) is 15.1. The highest BCUT2D eigenvalue weighted by atomic mass is 16.5. The summed E-state index contributed by atoms with van der Waals surface area (Å²) in [5.41, 5.74) is 1.31. The summed E-state index contributed by atoms with van der Waals surface area (Å²) in [4.78, 5) is 12.4. The number of carbonyl (C=O) groups is 1. The Bertz CT molecular complexity index is 817. The fourth-order valence-electron chi connectivity index (χ4n) is 2.35. The number of methoxy groups -OCH3 is 2. The SMILES string of the molecule is COCc1c(C(=O)Oc2ccc(OC)cc2)oc2ccccc12.